The highest BCUT2D eigenvalue weighted by molar-refractivity contribution is 5.60. The zero-order valence-electron chi connectivity index (χ0n) is 10.5. The van der Waals surface area contributed by atoms with E-state index in [-0.39, 0.29) is 5.83 Å². The van der Waals surface area contributed by atoms with Crippen molar-refractivity contribution in [2.45, 2.75) is 38.5 Å². The first kappa shape index (κ1) is 11.6. The van der Waals surface area contributed by atoms with E-state index in [2.05, 4.69) is 17.1 Å². The van der Waals surface area contributed by atoms with Crippen molar-refractivity contribution in [2.75, 3.05) is 6.54 Å². The van der Waals surface area contributed by atoms with E-state index in [1.165, 1.54) is 6.08 Å². The molecule has 0 N–H and O–H groups in total. The highest BCUT2D eigenvalue weighted by atomic mass is 19.1. The Morgan fingerprint density at radius 2 is 2.28 bits per heavy atom. The molecule has 2 atom stereocenters. The number of aromatic nitrogens is 1. The predicted octanol–water partition coefficient (Wildman–Crippen LogP) is 3.52. The van der Waals surface area contributed by atoms with Crippen molar-refractivity contribution >= 4 is 12.3 Å². The summed E-state index contributed by atoms with van der Waals surface area (Å²) in [5.74, 6) is 1.21. The van der Waals surface area contributed by atoms with Gasteiger partial charge in [-0.25, -0.2) is 4.39 Å². The second-order valence-corrected chi connectivity index (χ2v) is 5.33. The molecule has 2 heterocycles. The second kappa shape index (κ2) is 4.67. The van der Waals surface area contributed by atoms with Crippen LogP contribution in [0.15, 0.2) is 15.3 Å². The molecule has 1 aliphatic heterocycles. The van der Waals surface area contributed by atoms with Gasteiger partial charge in [0.25, 0.3) is 0 Å². The normalized spacial score (nSPS) is 27.6. The summed E-state index contributed by atoms with van der Waals surface area (Å²) in [5, 5.41) is 4.18. The Morgan fingerprint density at radius 3 is 3.06 bits per heavy atom. The number of allylic oxidation sites excluding steroid dienone is 1. The van der Waals surface area contributed by atoms with Crippen LogP contribution in [0, 0.1) is 5.92 Å². The average molecular weight is 248 g/mol. The largest absolute Gasteiger partial charge is 0.356 e. The lowest BCUT2D eigenvalue weighted by Gasteiger charge is -2.16. The Kier molecular flexibility index (Phi) is 3.02. The van der Waals surface area contributed by atoms with E-state index < -0.39 is 0 Å². The monoisotopic (exact) mass is 248 g/mol. The minimum Gasteiger partial charge on any atom is -0.356 e. The fourth-order valence-corrected chi connectivity index (χ4v) is 2.82. The van der Waals surface area contributed by atoms with Crippen molar-refractivity contribution in [1.82, 2.24) is 5.16 Å². The van der Waals surface area contributed by atoms with Crippen LogP contribution in [0.25, 0.3) is 6.08 Å². The number of fused-ring (bicyclic) bond motifs is 1. The molecule has 18 heavy (non-hydrogen) atoms. The minimum atomic E-state index is -0.103. The van der Waals surface area contributed by atoms with Crippen molar-refractivity contribution in [3.05, 3.63) is 22.8 Å². The third-order valence-electron chi connectivity index (χ3n) is 3.75. The van der Waals surface area contributed by atoms with E-state index in [0.717, 1.165) is 37.1 Å². The minimum absolute atomic E-state index is 0.103. The molecule has 2 aliphatic rings. The molecule has 0 saturated heterocycles. The molecule has 96 valence electrons. The first-order chi connectivity index (χ1) is 8.74. The van der Waals surface area contributed by atoms with E-state index in [0.29, 0.717) is 24.0 Å². The zero-order valence-corrected chi connectivity index (χ0v) is 10.5. The fourth-order valence-electron chi connectivity index (χ4n) is 2.82. The average Bonchev–Trinajstić information content (AvgIpc) is 2.66. The Morgan fingerprint density at radius 1 is 1.39 bits per heavy atom. The highest BCUT2D eigenvalue weighted by Gasteiger charge is 2.26. The summed E-state index contributed by atoms with van der Waals surface area (Å²) < 4.78 is 18.9. The smallest absolute Gasteiger partial charge is 0.165 e. The third-order valence-corrected chi connectivity index (χ3v) is 3.75. The maximum absolute atomic E-state index is 13.6. The van der Waals surface area contributed by atoms with Gasteiger partial charge in [-0.2, -0.15) is 0 Å². The van der Waals surface area contributed by atoms with Crippen LogP contribution in [0.5, 0.6) is 0 Å². The van der Waals surface area contributed by atoms with Crippen LogP contribution >= 0.6 is 0 Å². The van der Waals surface area contributed by atoms with Crippen molar-refractivity contribution in [3.8, 4) is 0 Å². The van der Waals surface area contributed by atoms with Gasteiger partial charge in [0.05, 0.1) is 5.69 Å². The Hall–Kier alpha value is -1.45. The summed E-state index contributed by atoms with van der Waals surface area (Å²) in [6.07, 6.45) is 6.75. The van der Waals surface area contributed by atoms with E-state index in [4.69, 9.17) is 4.52 Å². The number of nitrogens with zero attached hydrogens (tertiary/aromatic N) is 2. The van der Waals surface area contributed by atoms with E-state index in [9.17, 15) is 4.39 Å². The topological polar surface area (TPSA) is 38.4 Å². The van der Waals surface area contributed by atoms with Gasteiger partial charge >= 0.3 is 0 Å². The summed E-state index contributed by atoms with van der Waals surface area (Å²) in [6.45, 7) is 2.92. The maximum atomic E-state index is 13.6. The Labute approximate surface area is 106 Å². The molecule has 3 rings (SSSR count). The Bertz CT molecular complexity index is 504. The van der Waals surface area contributed by atoms with Crippen LogP contribution in [0.2, 0.25) is 0 Å². The summed E-state index contributed by atoms with van der Waals surface area (Å²) in [4.78, 5) is 4.24. The van der Waals surface area contributed by atoms with Crippen molar-refractivity contribution < 1.29 is 8.91 Å². The fraction of sp³-hybridized carbons (Fsp3) is 0.571. The van der Waals surface area contributed by atoms with Crippen molar-refractivity contribution in [2.24, 2.45) is 10.9 Å². The molecule has 0 radical (unpaired) electrons. The first-order valence-electron chi connectivity index (χ1n) is 6.57. The molecule has 0 spiro atoms. The number of hydrogen-bond acceptors (Lipinski definition) is 3. The van der Waals surface area contributed by atoms with Gasteiger partial charge in [-0.05, 0) is 31.4 Å². The lowest BCUT2D eigenvalue weighted by atomic mass is 9.89. The van der Waals surface area contributed by atoms with Gasteiger partial charge < -0.3 is 4.52 Å². The van der Waals surface area contributed by atoms with Gasteiger partial charge in [-0.15, -0.1) is 0 Å². The molecule has 0 amide bonds. The maximum Gasteiger partial charge on any atom is 0.165 e. The first-order valence-corrected chi connectivity index (χ1v) is 6.57. The van der Waals surface area contributed by atoms with Crippen LogP contribution in [0.4, 0.5) is 4.39 Å². The molecule has 1 aliphatic carbocycles. The summed E-state index contributed by atoms with van der Waals surface area (Å²) in [5.41, 5.74) is 2.13. The van der Waals surface area contributed by atoms with Gasteiger partial charge in [0, 0.05) is 30.5 Å². The molecule has 3 nitrogen and oxygen atoms in total. The number of rotatable bonds is 1. The molecule has 0 bridgehead atoms. The lowest BCUT2D eigenvalue weighted by molar-refractivity contribution is 0.395. The van der Waals surface area contributed by atoms with E-state index in [1.807, 2.05) is 6.21 Å². The SMILES string of the molecule is CC1CC(F)=Cc2onc(C3CC=NCC3)c2C1. The lowest BCUT2D eigenvalue weighted by Crippen LogP contribution is -2.10. The number of hydrogen-bond donors (Lipinski definition) is 0. The van der Waals surface area contributed by atoms with Crippen LogP contribution < -0.4 is 0 Å². The highest BCUT2D eigenvalue weighted by Crippen LogP contribution is 2.35. The van der Waals surface area contributed by atoms with E-state index >= 15 is 0 Å². The quantitative estimate of drug-likeness (QED) is 0.762. The van der Waals surface area contributed by atoms with Crippen molar-refractivity contribution in [1.29, 1.82) is 0 Å². The van der Waals surface area contributed by atoms with Gasteiger partial charge in [0.15, 0.2) is 5.76 Å². The summed E-state index contributed by atoms with van der Waals surface area (Å²) >= 11 is 0. The molecular formula is C14H17FN2O. The third kappa shape index (κ3) is 2.11. The van der Waals surface area contributed by atoms with Gasteiger partial charge in [-0.3, -0.25) is 4.99 Å². The summed E-state index contributed by atoms with van der Waals surface area (Å²) in [6, 6.07) is 0. The van der Waals surface area contributed by atoms with Crippen LogP contribution in [-0.4, -0.2) is 17.9 Å². The molecule has 0 saturated carbocycles. The number of halogens is 1. The molecular weight excluding hydrogens is 231 g/mol. The van der Waals surface area contributed by atoms with Crippen LogP contribution in [0.1, 0.15) is 49.1 Å². The molecule has 0 aromatic carbocycles. The molecule has 1 aromatic rings. The summed E-state index contributed by atoms with van der Waals surface area (Å²) in [7, 11) is 0. The molecule has 4 heteroatoms. The van der Waals surface area contributed by atoms with Crippen molar-refractivity contribution in [3.63, 3.8) is 0 Å². The predicted molar refractivity (Wildman–Crippen MR) is 68.4 cm³/mol. The van der Waals surface area contributed by atoms with Crippen LogP contribution in [0.3, 0.4) is 0 Å². The standard InChI is InChI=1S/C14H17FN2O/c1-9-6-11(15)8-13-12(7-9)14(17-18-13)10-2-4-16-5-3-10/h4,8-10H,2-3,5-7H2,1H3. The van der Waals surface area contributed by atoms with Crippen LogP contribution in [-0.2, 0) is 6.42 Å². The molecule has 2 unspecified atom stereocenters. The zero-order chi connectivity index (χ0) is 12.5. The molecule has 1 aromatic heterocycles. The number of aliphatic imine (C=N–C) groups is 1. The van der Waals surface area contributed by atoms with E-state index in [1.54, 1.807) is 0 Å². The van der Waals surface area contributed by atoms with Gasteiger partial charge in [-0.1, -0.05) is 12.1 Å². The van der Waals surface area contributed by atoms with Gasteiger partial charge in [0.2, 0.25) is 0 Å². The molecule has 0 fully saturated rings. The van der Waals surface area contributed by atoms with Gasteiger partial charge in [0.1, 0.15) is 5.83 Å². The second-order valence-electron chi connectivity index (χ2n) is 5.33. The Balaban J connectivity index is 1.96.